The molecule has 0 rings (SSSR count). The molecule has 0 atom stereocenters. The van der Waals surface area contributed by atoms with Crippen LogP contribution in [-0.4, -0.2) is 16.2 Å². The minimum atomic E-state index is -1.09. The molecule has 0 fully saturated rings. The van der Waals surface area contributed by atoms with Crippen LogP contribution in [0.4, 0.5) is 0 Å². The molecule has 3 nitrogen and oxygen atoms in total. The van der Waals surface area contributed by atoms with Crippen molar-refractivity contribution < 1.29 is 34.2 Å². The Morgan fingerprint density at radius 2 is 1.86 bits per heavy atom. The molecule has 1 radical (unpaired) electrons. The number of carbonyl (C=O) groups excluding carboxylic acids is 3. The number of hydrogen-bond donors (Lipinski definition) is 0. The molecule has 0 aliphatic heterocycles. The van der Waals surface area contributed by atoms with E-state index in [2.05, 4.69) is 0 Å². The number of carbonyl (C=O) groups is 2. The Hall–Kier alpha value is -0.302. The van der Waals surface area contributed by atoms with Gasteiger partial charge in [0.05, 0.1) is 0 Å². The molecule has 0 aliphatic rings. The Labute approximate surface area is 51.0 Å². The third kappa shape index (κ3) is 2.40. The first-order chi connectivity index (χ1) is 3.18. The summed E-state index contributed by atoms with van der Waals surface area (Å²) in [5.74, 6) is -1.09. The van der Waals surface area contributed by atoms with E-state index < -0.39 is 9.96 Å². The summed E-state index contributed by atoms with van der Waals surface area (Å²) < 4.78 is -0.759. The van der Waals surface area contributed by atoms with Gasteiger partial charge in [0.1, 0.15) is 0 Å². The Balaban J connectivity index is 3.81. The molecule has 0 amide bonds. The van der Waals surface area contributed by atoms with Crippen LogP contribution in [0.15, 0.2) is 0 Å². The third-order valence-electron chi connectivity index (χ3n) is 0.278. The molecule has 0 heterocycles. The first-order valence-electron chi connectivity index (χ1n) is 1.32. The summed E-state index contributed by atoms with van der Waals surface area (Å²) in [4.78, 5) is 28.8. The van der Waals surface area contributed by atoms with Gasteiger partial charge in [0.25, 0.3) is 0 Å². The van der Waals surface area contributed by atoms with Gasteiger partial charge in [0.2, 0.25) is 0 Å². The van der Waals surface area contributed by atoms with Gasteiger partial charge in [-0.25, -0.2) is 0 Å². The topological polar surface area (TPSA) is 51.2 Å². The van der Waals surface area contributed by atoms with Gasteiger partial charge in [-0.15, -0.1) is 0 Å². The van der Waals surface area contributed by atoms with E-state index in [0.717, 1.165) is 26.1 Å². The van der Waals surface area contributed by atoms with Crippen molar-refractivity contribution in [3.05, 3.63) is 0 Å². The fourth-order valence-electron chi connectivity index (χ4n) is 0.0417. The quantitative estimate of drug-likeness (QED) is 0.302. The van der Waals surface area contributed by atoms with Gasteiger partial charge in [-0.3, -0.25) is 0 Å². The Morgan fingerprint density at radius 3 is 1.86 bits per heavy atom. The van der Waals surface area contributed by atoms with Crippen molar-refractivity contribution in [1.82, 2.24) is 0 Å². The summed E-state index contributed by atoms with van der Waals surface area (Å²) in [5.41, 5.74) is 0. The van der Waals surface area contributed by atoms with Gasteiger partial charge in [-0.05, 0) is 0 Å². The zero-order valence-electron chi connectivity index (χ0n) is 3.13. The molecule has 0 saturated heterocycles. The molecule has 0 aromatic carbocycles. The van der Waals surface area contributed by atoms with E-state index in [1.165, 1.54) is 0 Å². The second-order valence-electron chi connectivity index (χ2n) is 0.719. The zero-order valence-corrected chi connectivity index (χ0v) is 5.14. The van der Waals surface area contributed by atoms with Crippen molar-refractivity contribution in [2.24, 2.45) is 0 Å². The zero-order chi connectivity index (χ0) is 5.86. The number of ketones is 1. The summed E-state index contributed by atoms with van der Waals surface area (Å²) >= 11 is 0.956. The predicted molar refractivity (Wildman–Crippen MR) is 15.7 cm³/mol. The van der Waals surface area contributed by atoms with Crippen LogP contribution in [0.3, 0.4) is 0 Å². The van der Waals surface area contributed by atoms with E-state index in [1.54, 1.807) is 0 Å². The molecular weight excluding hydrogens is 180 g/mol. The number of rotatable bonds is 2. The summed E-state index contributed by atoms with van der Waals surface area (Å²) in [7, 11) is 0. The molecular formula is C3MoO3. The van der Waals surface area contributed by atoms with Crippen LogP contribution in [-0.2, 0) is 34.2 Å². The number of hydrogen-bond acceptors (Lipinski definition) is 3. The van der Waals surface area contributed by atoms with Gasteiger partial charge < -0.3 is 0 Å². The summed E-state index contributed by atoms with van der Waals surface area (Å²) in [6.45, 7) is 0. The van der Waals surface area contributed by atoms with E-state index >= 15 is 0 Å². The minimum absolute atomic E-state index is 0.759. The third-order valence-corrected chi connectivity index (χ3v) is 0.734. The monoisotopic (exact) mass is 182 g/mol. The van der Waals surface area contributed by atoms with E-state index in [0.29, 0.717) is 0 Å². The summed E-state index contributed by atoms with van der Waals surface area (Å²) in [6, 6.07) is 0. The first-order valence-corrected chi connectivity index (χ1v) is 2.32. The molecule has 0 aliphatic carbocycles. The molecule has 7 heavy (non-hydrogen) atoms. The Bertz CT molecular complexity index is 117. The van der Waals surface area contributed by atoms with Crippen molar-refractivity contribution in [3.63, 3.8) is 0 Å². The van der Waals surface area contributed by atoms with Gasteiger partial charge in [0, 0.05) is 0 Å². The molecule has 0 spiro atoms. The molecule has 0 bridgehead atoms. The summed E-state index contributed by atoms with van der Waals surface area (Å²) in [6.07, 6.45) is 0.928. The van der Waals surface area contributed by atoms with Crippen LogP contribution in [0.2, 0.25) is 0 Å². The maximum atomic E-state index is 9.77. The summed E-state index contributed by atoms with van der Waals surface area (Å²) in [5, 5.41) is 0. The van der Waals surface area contributed by atoms with Crippen molar-refractivity contribution >= 4 is 16.2 Å². The van der Waals surface area contributed by atoms with E-state index in [4.69, 9.17) is 0 Å². The molecule has 4 heteroatoms. The van der Waals surface area contributed by atoms with Crippen molar-refractivity contribution in [1.29, 1.82) is 0 Å². The van der Waals surface area contributed by atoms with E-state index in [9.17, 15) is 14.4 Å². The average molecular weight is 180 g/mol. The molecule has 0 saturated carbocycles. The fraction of sp³-hybridized carbons (Fsp3) is 0. The normalized spacial score (nSPS) is 7.43. The molecule has 0 aromatic heterocycles. The molecule has 0 N–H and O–H groups in total. The van der Waals surface area contributed by atoms with Gasteiger partial charge in [-0.2, -0.15) is 0 Å². The molecule has 36 valence electrons. The van der Waals surface area contributed by atoms with E-state index in [1.807, 2.05) is 0 Å². The Kier molecular flexibility index (Phi) is 2.68. The Morgan fingerprint density at radius 1 is 1.43 bits per heavy atom. The average Bonchev–Trinajstić information content (AvgIpc) is 1.65. The fourth-order valence-corrected chi connectivity index (χ4v) is 0.144. The van der Waals surface area contributed by atoms with Gasteiger partial charge in [-0.1, -0.05) is 0 Å². The second kappa shape index (κ2) is 2.80. The van der Waals surface area contributed by atoms with Crippen molar-refractivity contribution in [2.45, 2.75) is 0 Å². The van der Waals surface area contributed by atoms with Gasteiger partial charge in [0.15, 0.2) is 0 Å². The van der Waals surface area contributed by atoms with Gasteiger partial charge >= 0.3 is 50.4 Å². The van der Waals surface area contributed by atoms with Crippen LogP contribution in [0.1, 0.15) is 0 Å². The van der Waals surface area contributed by atoms with Crippen LogP contribution in [0.25, 0.3) is 0 Å². The van der Waals surface area contributed by atoms with Crippen LogP contribution < -0.4 is 0 Å². The van der Waals surface area contributed by atoms with Crippen LogP contribution in [0.5, 0.6) is 0 Å². The van der Waals surface area contributed by atoms with Crippen molar-refractivity contribution in [2.75, 3.05) is 0 Å². The SMILES string of the molecule is O=[C]C(=O)[C](=O)[Mo]. The molecule has 0 unspecified atom stereocenters. The van der Waals surface area contributed by atoms with E-state index in [-0.39, 0.29) is 0 Å². The second-order valence-corrected chi connectivity index (χ2v) is 1.63. The standard InChI is InChI=1S/C3O3.Mo/c4-1-3(6)2-5;. The van der Waals surface area contributed by atoms with Crippen LogP contribution >= 0.6 is 0 Å². The first kappa shape index (κ1) is 6.70. The maximum absolute atomic E-state index is 9.77. The van der Waals surface area contributed by atoms with Crippen LogP contribution in [0, 0.1) is 0 Å². The number of Topliss-reactive ketones (excluding diaryl/α,β-unsaturated/α-hetero) is 1. The predicted octanol–water partition coefficient (Wildman–Crippen LogP) is -1.26. The molecule has 0 aromatic rings. The van der Waals surface area contributed by atoms with Crippen molar-refractivity contribution in [3.8, 4) is 0 Å².